The summed E-state index contributed by atoms with van der Waals surface area (Å²) in [5.41, 5.74) is 0. The fraction of sp³-hybridized carbons (Fsp3) is 0.455. The first kappa shape index (κ1) is 12.4. The van der Waals surface area contributed by atoms with E-state index < -0.39 is 0 Å². The molecule has 5 heteroatoms. The molecular weight excluding hydrogens is 338 g/mol. The smallest absolute Gasteiger partial charge is 0.133 e. The average Bonchev–Trinajstić information content (AvgIpc) is 2.29. The largest absolute Gasteiger partial charge is 0.490 e. The van der Waals surface area contributed by atoms with Crippen LogP contribution in [0, 0.1) is 0 Å². The number of hydrogen-bond acceptors (Lipinski definition) is 3. The predicted octanol–water partition coefficient (Wildman–Crippen LogP) is 2.58. The third-order valence-electron chi connectivity index (χ3n) is 2.32. The second kappa shape index (κ2) is 6.00. The first-order valence-corrected chi connectivity index (χ1v) is 6.74. The number of ether oxygens (including phenoxy) is 2. The Bertz CT molecular complexity index is 354. The van der Waals surface area contributed by atoms with Crippen molar-refractivity contribution in [2.45, 2.75) is 6.10 Å². The van der Waals surface area contributed by atoms with Gasteiger partial charge in [-0.2, -0.15) is 0 Å². The molecule has 0 aliphatic carbocycles. The molecule has 1 saturated heterocycles. The normalized spacial score (nSPS) is 20.8. The van der Waals surface area contributed by atoms with E-state index in [-0.39, 0.29) is 6.10 Å². The molecule has 3 nitrogen and oxygen atoms in total. The van der Waals surface area contributed by atoms with Crippen LogP contribution in [0.25, 0.3) is 0 Å². The van der Waals surface area contributed by atoms with Gasteiger partial charge in [0, 0.05) is 17.6 Å². The summed E-state index contributed by atoms with van der Waals surface area (Å²) in [4.78, 5) is 0. The molecule has 16 heavy (non-hydrogen) atoms. The molecule has 2 rings (SSSR count). The van der Waals surface area contributed by atoms with Crippen LogP contribution in [0.4, 0.5) is 0 Å². The van der Waals surface area contributed by atoms with E-state index in [1.807, 2.05) is 18.2 Å². The molecular formula is C11H13Br2NO2. The van der Waals surface area contributed by atoms with Crippen LogP contribution in [0.15, 0.2) is 27.1 Å². The molecule has 1 unspecified atom stereocenters. The Labute approximate surface area is 112 Å². The molecule has 0 aromatic heterocycles. The van der Waals surface area contributed by atoms with Crippen LogP contribution < -0.4 is 10.1 Å². The summed E-state index contributed by atoms with van der Waals surface area (Å²) in [5.74, 6) is 0.845. The lowest BCUT2D eigenvalue weighted by atomic mass is 10.3. The second-order valence-electron chi connectivity index (χ2n) is 3.58. The monoisotopic (exact) mass is 349 g/mol. The quantitative estimate of drug-likeness (QED) is 0.908. The van der Waals surface area contributed by atoms with Crippen LogP contribution in [-0.2, 0) is 4.74 Å². The van der Waals surface area contributed by atoms with Crippen molar-refractivity contribution >= 4 is 31.9 Å². The standard InChI is InChI=1S/C11H13Br2NO2/c12-8-1-2-11(10(13)5-8)16-7-9-6-14-3-4-15-9/h1-2,5,9,14H,3-4,6-7H2. The van der Waals surface area contributed by atoms with Gasteiger partial charge in [-0.1, -0.05) is 15.9 Å². The lowest BCUT2D eigenvalue weighted by molar-refractivity contribution is 0.0000408. The predicted molar refractivity (Wildman–Crippen MR) is 69.9 cm³/mol. The Kier molecular flexibility index (Phi) is 4.64. The van der Waals surface area contributed by atoms with Gasteiger partial charge >= 0.3 is 0 Å². The van der Waals surface area contributed by atoms with Gasteiger partial charge in [0.05, 0.1) is 11.1 Å². The third-order valence-corrected chi connectivity index (χ3v) is 3.44. The third kappa shape index (κ3) is 3.45. The van der Waals surface area contributed by atoms with Crippen LogP contribution in [0.2, 0.25) is 0 Å². The maximum atomic E-state index is 5.70. The van der Waals surface area contributed by atoms with Gasteiger partial charge in [-0.25, -0.2) is 0 Å². The summed E-state index contributed by atoms with van der Waals surface area (Å²) in [6.07, 6.45) is 0.143. The van der Waals surface area contributed by atoms with Crippen LogP contribution in [0.3, 0.4) is 0 Å². The highest BCUT2D eigenvalue weighted by Crippen LogP contribution is 2.28. The van der Waals surface area contributed by atoms with Gasteiger partial charge in [-0.3, -0.25) is 0 Å². The number of halogens is 2. The van der Waals surface area contributed by atoms with E-state index in [2.05, 4.69) is 37.2 Å². The Hall–Kier alpha value is -0.100. The molecule has 1 heterocycles. The van der Waals surface area contributed by atoms with Gasteiger partial charge in [0.2, 0.25) is 0 Å². The maximum absolute atomic E-state index is 5.70. The molecule has 1 aliphatic rings. The van der Waals surface area contributed by atoms with Crippen LogP contribution >= 0.6 is 31.9 Å². The summed E-state index contributed by atoms with van der Waals surface area (Å²) in [6.45, 7) is 3.12. The molecule has 0 bridgehead atoms. The van der Waals surface area contributed by atoms with Crippen molar-refractivity contribution in [3.63, 3.8) is 0 Å². The Morgan fingerprint density at radius 3 is 3.00 bits per heavy atom. The van der Waals surface area contributed by atoms with Crippen LogP contribution in [-0.4, -0.2) is 32.4 Å². The van der Waals surface area contributed by atoms with E-state index in [1.165, 1.54) is 0 Å². The highest BCUT2D eigenvalue weighted by atomic mass is 79.9. The number of morpholine rings is 1. The van der Waals surface area contributed by atoms with E-state index >= 15 is 0 Å². The lowest BCUT2D eigenvalue weighted by Crippen LogP contribution is -2.41. The average molecular weight is 351 g/mol. The van der Waals surface area contributed by atoms with E-state index in [9.17, 15) is 0 Å². The lowest BCUT2D eigenvalue weighted by Gasteiger charge is -2.23. The minimum absolute atomic E-state index is 0.143. The number of hydrogen-bond donors (Lipinski definition) is 1. The number of nitrogens with one attached hydrogen (secondary N) is 1. The van der Waals surface area contributed by atoms with Crippen molar-refractivity contribution in [2.75, 3.05) is 26.3 Å². The Balaban J connectivity index is 1.88. The highest BCUT2D eigenvalue weighted by Gasteiger charge is 2.14. The van der Waals surface area contributed by atoms with Gasteiger partial charge in [0.15, 0.2) is 0 Å². The van der Waals surface area contributed by atoms with Crippen LogP contribution in [0.1, 0.15) is 0 Å². The second-order valence-corrected chi connectivity index (χ2v) is 5.35. The van der Waals surface area contributed by atoms with Crippen molar-refractivity contribution < 1.29 is 9.47 Å². The van der Waals surface area contributed by atoms with Gasteiger partial charge in [0.25, 0.3) is 0 Å². The van der Waals surface area contributed by atoms with Crippen molar-refractivity contribution in [1.29, 1.82) is 0 Å². The van der Waals surface area contributed by atoms with Gasteiger partial charge in [-0.15, -0.1) is 0 Å². The molecule has 88 valence electrons. The van der Waals surface area contributed by atoms with E-state index in [0.29, 0.717) is 6.61 Å². The Morgan fingerprint density at radius 1 is 1.44 bits per heavy atom. The fourth-order valence-corrected chi connectivity index (χ4v) is 2.66. The summed E-state index contributed by atoms with van der Waals surface area (Å²) in [7, 11) is 0. The van der Waals surface area contributed by atoms with Crippen molar-refractivity contribution in [2.24, 2.45) is 0 Å². The molecule has 0 saturated carbocycles. The zero-order valence-corrected chi connectivity index (χ0v) is 11.9. The zero-order valence-electron chi connectivity index (χ0n) is 8.71. The summed E-state index contributed by atoms with van der Waals surface area (Å²) in [5, 5.41) is 3.27. The molecule has 1 N–H and O–H groups in total. The molecule has 1 atom stereocenters. The fourth-order valence-electron chi connectivity index (χ4n) is 1.50. The number of rotatable bonds is 3. The first-order chi connectivity index (χ1) is 7.75. The number of benzene rings is 1. The van der Waals surface area contributed by atoms with Crippen molar-refractivity contribution in [3.05, 3.63) is 27.1 Å². The highest BCUT2D eigenvalue weighted by molar-refractivity contribution is 9.11. The van der Waals surface area contributed by atoms with Gasteiger partial charge in [0.1, 0.15) is 18.5 Å². The molecule has 0 spiro atoms. The molecule has 1 aromatic rings. The van der Waals surface area contributed by atoms with E-state index in [1.54, 1.807) is 0 Å². The van der Waals surface area contributed by atoms with E-state index in [0.717, 1.165) is 34.4 Å². The van der Waals surface area contributed by atoms with Crippen molar-refractivity contribution in [1.82, 2.24) is 5.32 Å². The van der Waals surface area contributed by atoms with Crippen molar-refractivity contribution in [3.8, 4) is 5.75 Å². The van der Waals surface area contributed by atoms with Gasteiger partial charge < -0.3 is 14.8 Å². The molecule has 1 aromatic carbocycles. The minimum atomic E-state index is 0.143. The SMILES string of the molecule is Brc1ccc(OCC2CNCCO2)c(Br)c1. The summed E-state index contributed by atoms with van der Waals surface area (Å²) in [6, 6.07) is 5.86. The summed E-state index contributed by atoms with van der Waals surface area (Å²) < 4.78 is 13.2. The summed E-state index contributed by atoms with van der Waals surface area (Å²) >= 11 is 6.86. The van der Waals surface area contributed by atoms with Gasteiger partial charge in [-0.05, 0) is 34.1 Å². The Morgan fingerprint density at radius 2 is 2.31 bits per heavy atom. The first-order valence-electron chi connectivity index (χ1n) is 5.16. The molecule has 1 aliphatic heterocycles. The molecule has 1 fully saturated rings. The van der Waals surface area contributed by atoms with E-state index in [4.69, 9.17) is 9.47 Å². The minimum Gasteiger partial charge on any atom is -0.490 e. The topological polar surface area (TPSA) is 30.5 Å². The molecule has 0 amide bonds. The zero-order chi connectivity index (χ0) is 11.4. The maximum Gasteiger partial charge on any atom is 0.133 e. The molecule has 0 radical (unpaired) electrons. The van der Waals surface area contributed by atoms with Crippen LogP contribution in [0.5, 0.6) is 5.75 Å².